The molecule has 0 aliphatic heterocycles. The lowest BCUT2D eigenvalue weighted by Gasteiger charge is -2.20. The number of aliphatic carboxylic acids is 1. The Hall–Kier alpha value is -2.82. The van der Waals surface area contributed by atoms with Crippen LogP contribution >= 0.6 is 7.82 Å². The number of allylic oxidation sites excluding steroid dienone is 10. The molecule has 12 heteroatoms. The van der Waals surface area contributed by atoms with Crippen LogP contribution in [0.3, 0.4) is 0 Å². The Labute approximate surface area is 281 Å². The summed E-state index contributed by atoms with van der Waals surface area (Å²) in [6.07, 6.45) is 31.7. The molecule has 0 spiro atoms. The molecule has 0 heterocycles. The lowest BCUT2D eigenvalue weighted by atomic mass is 10.1. The molecule has 0 saturated heterocycles. The molecular weight excluding hydrogens is 625 g/mol. The van der Waals surface area contributed by atoms with Gasteiger partial charge in [-0.2, -0.15) is 0 Å². The summed E-state index contributed by atoms with van der Waals surface area (Å²) in [4.78, 5) is 45.5. The number of unbranched alkanes of at least 4 members (excludes halogenated alkanes) is 9. The van der Waals surface area contributed by atoms with Crippen molar-refractivity contribution in [3.05, 3.63) is 60.8 Å². The zero-order valence-electron chi connectivity index (χ0n) is 28.3. The molecule has 0 aromatic rings. The zero-order valence-corrected chi connectivity index (χ0v) is 29.2. The second-order valence-electron chi connectivity index (χ2n) is 11.0. The van der Waals surface area contributed by atoms with Crippen molar-refractivity contribution in [1.29, 1.82) is 0 Å². The van der Waals surface area contributed by atoms with Crippen molar-refractivity contribution in [3.63, 3.8) is 0 Å². The molecule has 0 fully saturated rings. The third-order valence-corrected chi connectivity index (χ3v) is 7.54. The summed E-state index contributed by atoms with van der Waals surface area (Å²) in [6.45, 7) is 2.50. The van der Waals surface area contributed by atoms with Gasteiger partial charge in [0.15, 0.2) is 6.10 Å². The minimum Gasteiger partial charge on any atom is -0.480 e. The fourth-order valence-corrected chi connectivity index (χ4v) is 4.65. The minimum atomic E-state index is -4.72. The van der Waals surface area contributed by atoms with Gasteiger partial charge in [0.05, 0.1) is 13.2 Å². The average Bonchev–Trinajstić information content (AvgIpc) is 3.04. The van der Waals surface area contributed by atoms with Gasteiger partial charge in [-0.15, -0.1) is 0 Å². The van der Waals surface area contributed by atoms with Gasteiger partial charge in [-0.1, -0.05) is 107 Å². The van der Waals surface area contributed by atoms with Crippen LogP contribution in [0, 0.1) is 0 Å². The fraction of sp³-hybridized carbons (Fsp3) is 0.629. The van der Waals surface area contributed by atoms with Crippen molar-refractivity contribution >= 4 is 25.7 Å². The van der Waals surface area contributed by atoms with Crippen LogP contribution < -0.4 is 5.73 Å². The number of carbonyl (C=O) groups excluding carboxylic acids is 2. The predicted molar refractivity (Wildman–Crippen MR) is 184 cm³/mol. The molecule has 0 aromatic heterocycles. The van der Waals surface area contributed by atoms with Gasteiger partial charge in [0.1, 0.15) is 12.6 Å². The number of hydrogen-bond donors (Lipinski definition) is 3. The van der Waals surface area contributed by atoms with Crippen molar-refractivity contribution in [2.24, 2.45) is 5.73 Å². The second kappa shape index (κ2) is 30.5. The number of esters is 2. The van der Waals surface area contributed by atoms with Gasteiger partial charge in [-0.05, 0) is 51.4 Å². The van der Waals surface area contributed by atoms with Crippen molar-refractivity contribution in [2.45, 2.75) is 122 Å². The SMILES string of the molecule is CC/C=C/C=C/C=C/C=C/CCCCCC(=O)OC(COC(=O)CCCCCC/C=C/CCCC)COP(=O)(O)OC[C@H](N)C(=O)O. The normalized spacial score (nSPS) is 14.8. The maximum atomic E-state index is 12.5. The first kappa shape index (κ1) is 44.2. The van der Waals surface area contributed by atoms with Crippen molar-refractivity contribution in [3.8, 4) is 0 Å². The van der Waals surface area contributed by atoms with E-state index >= 15 is 0 Å². The van der Waals surface area contributed by atoms with Gasteiger partial charge in [0, 0.05) is 12.8 Å². The topological polar surface area (TPSA) is 172 Å². The summed E-state index contributed by atoms with van der Waals surface area (Å²) in [5, 5.41) is 8.83. The molecule has 0 rings (SSSR count). The van der Waals surface area contributed by atoms with Crippen LogP contribution in [0.25, 0.3) is 0 Å². The highest BCUT2D eigenvalue weighted by Gasteiger charge is 2.28. The summed E-state index contributed by atoms with van der Waals surface area (Å²) in [6, 6.07) is -1.53. The standard InChI is InChI=1S/C35H58NO10P/c1-3-5-7-9-11-13-15-16-17-19-21-23-25-27-34(38)46-31(29-44-47(41,42)45-30-32(36)35(39)40)28-43-33(37)26-24-22-20-18-14-12-10-8-6-4-2/h5,7,9-13,15-17,31-32H,3-4,6,8,14,18-30,36H2,1-2H3,(H,39,40)(H,41,42)/b7-5+,11-9+,12-10+,15-13+,17-16+/t31?,32-/m0/s1. The largest absolute Gasteiger partial charge is 0.480 e. The van der Waals surface area contributed by atoms with E-state index in [1.54, 1.807) is 0 Å². The van der Waals surface area contributed by atoms with Gasteiger partial charge in [0.25, 0.3) is 0 Å². The Morgan fingerprint density at radius 1 is 0.681 bits per heavy atom. The Balaban J connectivity index is 4.63. The molecule has 0 aliphatic carbocycles. The van der Waals surface area contributed by atoms with E-state index in [1.807, 2.05) is 36.5 Å². The molecule has 0 aliphatic rings. The maximum absolute atomic E-state index is 12.5. The van der Waals surface area contributed by atoms with Crippen LogP contribution in [0.15, 0.2) is 60.8 Å². The number of hydrogen-bond acceptors (Lipinski definition) is 9. The van der Waals surface area contributed by atoms with E-state index in [2.05, 4.69) is 42.7 Å². The van der Waals surface area contributed by atoms with Gasteiger partial charge in [-0.3, -0.25) is 23.4 Å². The molecule has 3 atom stereocenters. The molecule has 4 N–H and O–H groups in total. The van der Waals surface area contributed by atoms with Crippen LogP contribution in [0.5, 0.6) is 0 Å². The maximum Gasteiger partial charge on any atom is 0.472 e. The molecule has 0 radical (unpaired) electrons. The van der Waals surface area contributed by atoms with Crippen molar-refractivity contribution in [1.82, 2.24) is 0 Å². The highest BCUT2D eigenvalue weighted by Crippen LogP contribution is 2.43. The molecular formula is C35H58NO10P. The van der Waals surface area contributed by atoms with Crippen LogP contribution in [0.2, 0.25) is 0 Å². The molecule has 47 heavy (non-hydrogen) atoms. The number of carboxylic acids is 1. The Bertz CT molecular complexity index is 1040. The van der Waals surface area contributed by atoms with Gasteiger partial charge in [-0.25, -0.2) is 4.57 Å². The first-order chi connectivity index (χ1) is 22.6. The Morgan fingerprint density at radius 2 is 1.21 bits per heavy atom. The van der Waals surface area contributed by atoms with Crippen LogP contribution in [0.1, 0.15) is 110 Å². The van der Waals surface area contributed by atoms with E-state index in [1.165, 1.54) is 12.8 Å². The summed E-state index contributed by atoms with van der Waals surface area (Å²) in [5.41, 5.74) is 5.29. The number of phosphoric ester groups is 1. The smallest absolute Gasteiger partial charge is 0.472 e. The zero-order chi connectivity index (χ0) is 35.0. The third kappa shape index (κ3) is 30.3. The number of phosphoric acid groups is 1. The monoisotopic (exact) mass is 683 g/mol. The van der Waals surface area contributed by atoms with E-state index in [4.69, 9.17) is 24.8 Å². The molecule has 11 nitrogen and oxygen atoms in total. The van der Waals surface area contributed by atoms with Crippen molar-refractivity contribution < 1.29 is 47.5 Å². The molecule has 0 saturated carbocycles. The lowest BCUT2D eigenvalue weighted by molar-refractivity contribution is -0.161. The van der Waals surface area contributed by atoms with E-state index in [0.717, 1.165) is 57.8 Å². The number of carbonyl (C=O) groups is 3. The van der Waals surface area contributed by atoms with Gasteiger partial charge < -0.3 is 25.2 Å². The minimum absolute atomic E-state index is 0.110. The molecule has 2 unspecified atom stereocenters. The molecule has 0 amide bonds. The van der Waals surface area contributed by atoms with Gasteiger partial charge in [0.2, 0.25) is 0 Å². The van der Waals surface area contributed by atoms with Crippen LogP contribution in [-0.4, -0.2) is 59.9 Å². The van der Waals surface area contributed by atoms with E-state index in [0.29, 0.717) is 12.8 Å². The first-order valence-electron chi connectivity index (χ1n) is 16.9. The van der Waals surface area contributed by atoms with E-state index in [-0.39, 0.29) is 19.4 Å². The molecule has 0 bridgehead atoms. The van der Waals surface area contributed by atoms with Crippen LogP contribution in [0.4, 0.5) is 0 Å². The van der Waals surface area contributed by atoms with Crippen LogP contribution in [-0.2, 0) is 37.5 Å². The second-order valence-corrected chi connectivity index (χ2v) is 12.5. The number of nitrogens with two attached hydrogens (primary N) is 1. The summed E-state index contributed by atoms with van der Waals surface area (Å²) < 4.78 is 32.3. The predicted octanol–water partition coefficient (Wildman–Crippen LogP) is 7.66. The van der Waals surface area contributed by atoms with Gasteiger partial charge >= 0.3 is 25.7 Å². The number of ether oxygens (including phenoxy) is 2. The Morgan fingerprint density at radius 3 is 1.85 bits per heavy atom. The van der Waals surface area contributed by atoms with E-state index in [9.17, 15) is 23.8 Å². The quantitative estimate of drug-likeness (QED) is 0.0223. The number of carboxylic acid groups (broad SMARTS) is 1. The average molecular weight is 684 g/mol. The lowest BCUT2D eigenvalue weighted by Crippen LogP contribution is -2.34. The highest BCUT2D eigenvalue weighted by molar-refractivity contribution is 7.47. The number of rotatable bonds is 30. The summed E-state index contributed by atoms with van der Waals surface area (Å²) in [7, 11) is -4.72. The fourth-order valence-electron chi connectivity index (χ4n) is 3.88. The highest BCUT2D eigenvalue weighted by atomic mass is 31.2. The summed E-state index contributed by atoms with van der Waals surface area (Å²) >= 11 is 0. The third-order valence-electron chi connectivity index (χ3n) is 6.59. The Kier molecular flexibility index (Phi) is 28.7. The van der Waals surface area contributed by atoms with E-state index < -0.39 is 51.1 Å². The summed E-state index contributed by atoms with van der Waals surface area (Å²) in [5.74, 6) is -2.46. The first-order valence-corrected chi connectivity index (χ1v) is 18.4. The molecule has 0 aromatic carbocycles. The van der Waals surface area contributed by atoms with Crippen molar-refractivity contribution in [2.75, 3.05) is 19.8 Å². The molecule has 268 valence electrons.